The summed E-state index contributed by atoms with van der Waals surface area (Å²) >= 11 is 0. The van der Waals surface area contributed by atoms with E-state index in [1.54, 1.807) is 35.4 Å². The molecular weight excluding hydrogens is 469 g/mol. The number of hydrogen-bond acceptors (Lipinski definition) is 5. The topological polar surface area (TPSA) is 82.8 Å². The molecule has 2 N–H and O–H groups in total. The number of anilines is 2. The Hall–Kier alpha value is -3.78. The lowest BCUT2D eigenvalue weighted by molar-refractivity contribution is 0.0772. The molecule has 4 rings (SSSR count). The van der Waals surface area contributed by atoms with Crippen molar-refractivity contribution in [1.29, 1.82) is 0 Å². The number of aromatic nitrogens is 1. The fourth-order valence-electron chi connectivity index (χ4n) is 4.99. The van der Waals surface area contributed by atoms with Crippen molar-refractivity contribution in [3.8, 4) is 0 Å². The first kappa shape index (κ1) is 26.3. The molecule has 2 amide bonds. The number of benzene rings is 2. The average Bonchev–Trinajstić information content (AvgIpc) is 2.92. The van der Waals surface area contributed by atoms with E-state index in [9.17, 15) is 9.59 Å². The van der Waals surface area contributed by atoms with Crippen molar-refractivity contribution >= 4 is 23.2 Å². The minimum Gasteiger partial charge on any atom is -0.366 e. The largest absolute Gasteiger partial charge is 0.366 e. The predicted octanol–water partition coefficient (Wildman–Crippen LogP) is 4.60. The molecule has 7 nitrogen and oxygen atoms in total. The van der Waals surface area contributed by atoms with Crippen LogP contribution in [0, 0.1) is 5.82 Å². The molecule has 8 heteroatoms. The van der Waals surface area contributed by atoms with Gasteiger partial charge in [0.25, 0.3) is 11.8 Å². The number of nitrogens with two attached hydrogens (primary N) is 1. The number of primary amides is 1. The number of nitrogens with zero attached hydrogens (tertiary/aromatic N) is 4. The van der Waals surface area contributed by atoms with E-state index in [4.69, 9.17) is 5.73 Å². The summed E-state index contributed by atoms with van der Waals surface area (Å²) in [5, 5.41) is 0. The van der Waals surface area contributed by atoms with E-state index in [-0.39, 0.29) is 17.5 Å². The lowest BCUT2D eigenvalue weighted by Gasteiger charge is -2.40. The predicted molar refractivity (Wildman–Crippen MR) is 143 cm³/mol. The van der Waals surface area contributed by atoms with Gasteiger partial charge in [0, 0.05) is 62.4 Å². The van der Waals surface area contributed by atoms with Crippen molar-refractivity contribution in [3.05, 3.63) is 89.5 Å². The van der Waals surface area contributed by atoms with Gasteiger partial charge in [0.15, 0.2) is 5.82 Å². The van der Waals surface area contributed by atoms with Crippen LogP contribution in [0.4, 0.5) is 15.8 Å². The van der Waals surface area contributed by atoms with Crippen LogP contribution in [-0.4, -0.2) is 58.8 Å². The molecule has 0 aliphatic carbocycles. The molecule has 0 unspecified atom stereocenters. The maximum absolute atomic E-state index is 15.6. The molecule has 0 atom stereocenters. The van der Waals surface area contributed by atoms with E-state index in [0.717, 1.165) is 43.7 Å². The Morgan fingerprint density at radius 1 is 1.03 bits per heavy atom. The molecule has 0 bridgehead atoms. The van der Waals surface area contributed by atoms with Crippen LogP contribution in [0.3, 0.4) is 0 Å². The summed E-state index contributed by atoms with van der Waals surface area (Å²) < 4.78 is 15.6. The zero-order valence-electron chi connectivity index (χ0n) is 21.4. The summed E-state index contributed by atoms with van der Waals surface area (Å²) in [5.41, 5.74) is 8.14. The summed E-state index contributed by atoms with van der Waals surface area (Å²) in [7, 11) is 0. The Morgan fingerprint density at radius 3 is 2.32 bits per heavy atom. The van der Waals surface area contributed by atoms with Gasteiger partial charge in [0.1, 0.15) is 0 Å². The summed E-state index contributed by atoms with van der Waals surface area (Å²) in [5.74, 6) is -1.46. The second-order valence-corrected chi connectivity index (χ2v) is 9.27. The normalized spacial score (nSPS) is 14.4. The molecule has 0 spiro atoms. The van der Waals surface area contributed by atoms with Crippen LogP contribution in [0.15, 0.2) is 67.0 Å². The van der Waals surface area contributed by atoms with Gasteiger partial charge in [-0.15, -0.1) is 0 Å². The SMILES string of the molecule is CCN(CC)C(=O)c1ccc(N(c2cccc(C(N)=O)c2F)C2CCN(Cc3cccnc3)CC2)cc1. The molecule has 2 aromatic carbocycles. The number of carbonyl (C=O) groups excluding carboxylic acids is 2. The molecule has 1 aromatic heterocycles. The maximum atomic E-state index is 15.6. The third-order valence-electron chi connectivity index (χ3n) is 7.00. The van der Waals surface area contributed by atoms with Crippen molar-refractivity contribution < 1.29 is 14.0 Å². The number of rotatable bonds is 9. The van der Waals surface area contributed by atoms with Gasteiger partial charge >= 0.3 is 0 Å². The second kappa shape index (κ2) is 12.0. The molecule has 1 aliphatic heterocycles. The van der Waals surface area contributed by atoms with Crippen LogP contribution in [0.25, 0.3) is 0 Å². The number of hydrogen-bond donors (Lipinski definition) is 1. The molecule has 1 aliphatic rings. The Labute approximate surface area is 217 Å². The number of likely N-dealkylation sites (tertiary alicyclic amines) is 1. The number of carbonyl (C=O) groups is 2. The van der Waals surface area contributed by atoms with Crippen LogP contribution in [-0.2, 0) is 6.54 Å². The molecule has 2 heterocycles. The van der Waals surface area contributed by atoms with Crippen molar-refractivity contribution in [2.45, 2.75) is 39.3 Å². The maximum Gasteiger partial charge on any atom is 0.253 e. The third-order valence-corrected chi connectivity index (χ3v) is 7.00. The van der Waals surface area contributed by atoms with Crippen LogP contribution in [0.1, 0.15) is 53.0 Å². The van der Waals surface area contributed by atoms with Crippen molar-refractivity contribution in [2.24, 2.45) is 5.73 Å². The standard InChI is InChI=1S/C29H34FN5O2/c1-3-34(4-2)29(37)22-10-12-23(13-11-22)35(26-9-5-8-25(27(26)30)28(31)36)24-14-17-33(18-15-24)20-21-7-6-16-32-19-21/h5-13,16,19,24H,3-4,14-15,17-18,20H2,1-2H3,(H2,31,36). The van der Waals surface area contributed by atoms with Gasteiger partial charge in [0.05, 0.1) is 11.3 Å². The van der Waals surface area contributed by atoms with Crippen LogP contribution in [0.2, 0.25) is 0 Å². The van der Waals surface area contributed by atoms with E-state index in [1.165, 1.54) is 6.07 Å². The zero-order valence-corrected chi connectivity index (χ0v) is 21.4. The Kier molecular flexibility index (Phi) is 8.50. The molecule has 0 saturated carbocycles. The summed E-state index contributed by atoms with van der Waals surface area (Å²) in [6.45, 7) is 7.66. The van der Waals surface area contributed by atoms with Gasteiger partial charge in [0.2, 0.25) is 0 Å². The van der Waals surface area contributed by atoms with Crippen molar-refractivity contribution in [1.82, 2.24) is 14.8 Å². The van der Waals surface area contributed by atoms with Gasteiger partial charge < -0.3 is 15.5 Å². The van der Waals surface area contributed by atoms with E-state index in [1.807, 2.05) is 43.1 Å². The summed E-state index contributed by atoms with van der Waals surface area (Å²) in [6, 6.07) is 16.0. The summed E-state index contributed by atoms with van der Waals surface area (Å²) in [4.78, 5) is 35.0. The lowest BCUT2D eigenvalue weighted by atomic mass is 9.99. The van der Waals surface area contributed by atoms with Gasteiger partial charge in [-0.1, -0.05) is 12.1 Å². The van der Waals surface area contributed by atoms with Gasteiger partial charge in [-0.2, -0.15) is 0 Å². The van der Waals surface area contributed by atoms with E-state index in [0.29, 0.717) is 24.3 Å². The Balaban J connectivity index is 1.62. The Bertz CT molecular complexity index is 1210. The van der Waals surface area contributed by atoms with E-state index in [2.05, 4.69) is 16.0 Å². The molecule has 37 heavy (non-hydrogen) atoms. The van der Waals surface area contributed by atoms with Crippen molar-refractivity contribution in [2.75, 3.05) is 31.1 Å². The van der Waals surface area contributed by atoms with Crippen LogP contribution < -0.4 is 10.6 Å². The molecular formula is C29H34FN5O2. The van der Waals surface area contributed by atoms with Gasteiger partial charge in [-0.05, 0) is 74.7 Å². The Morgan fingerprint density at radius 2 is 1.73 bits per heavy atom. The zero-order chi connectivity index (χ0) is 26.4. The highest BCUT2D eigenvalue weighted by molar-refractivity contribution is 5.95. The highest BCUT2D eigenvalue weighted by atomic mass is 19.1. The fraction of sp³-hybridized carbons (Fsp3) is 0.345. The molecule has 0 radical (unpaired) electrons. The fourth-order valence-corrected chi connectivity index (χ4v) is 4.99. The molecule has 3 aromatic rings. The quantitative estimate of drug-likeness (QED) is 0.461. The highest BCUT2D eigenvalue weighted by Gasteiger charge is 2.29. The highest BCUT2D eigenvalue weighted by Crippen LogP contribution is 2.35. The first-order valence-electron chi connectivity index (χ1n) is 12.8. The smallest absolute Gasteiger partial charge is 0.253 e. The first-order valence-corrected chi connectivity index (χ1v) is 12.8. The average molecular weight is 504 g/mol. The first-order chi connectivity index (χ1) is 17.9. The van der Waals surface area contributed by atoms with E-state index < -0.39 is 11.7 Å². The molecule has 194 valence electrons. The number of halogens is 1. The van der Waals surface area contributed by atoms with Crippen molar-refractivity contribution in [3.63, 3.8) is 0 Å². The molecule has 1 saturated heterocycles. The number of piperidine rings is 1. The van der Waals surface area contributed by atoms with E-state index >= 15 is 4.39 Å². The van der Waals surface area contributed by atoms with Crippen LogP contribution in [0.5, 0.6) is 0 Å². The van der Waals surface area contributed by atoms with Gasteiger partial charge in [-0.25, -0.2) is 4.39 Å². The second-order valence-electron chi connectivity index (χ2n) is 9.27. The minimum atomic E-state index is -0.800. The summed E-state index contributed by atoms with van der Waals surface area (Å²) in [6.07, 6.45) is 5.26. The molecule has 1 fully saturated rings. The van der Waals surface area contributed by atoms with Gasteiger partial charge in [-0.3, -0.25) is 19.5 Å². The van der Waals surface area contributed by atoms with Crippen LogP contribution >= 0.6 is 0 Å². The minimum absolute atomic E-state index is 0.00658. The lowest BCUT2D eigenvalue weighted by Crippen LogP contribution is -2.43. The monoisotopic (exact) mass is 503 g/mol. The number of amides is 2. The third kappa shape index (κ3) is 5.97. The number of pyridine rings is 1.